The largest absolute Gasteiger partial charge is 0.326 e. The van der Waals surface area contributed by atoms with E-state index in [2.05, 4.69) is 10.6 Å². The monoisotopic (exact) mass is 308 g/mol. The molecule has 23 heavy (non-hydrogen) atoms. The molecule has 1 aliphatic rings. The Morgan fingerprint density at radius 2 is 1.52 bits per heavy atom. The van der Waals surface area contributed by atoms with E-state index in [1.165, 1.54) is 0 Å². The molecule has 4 heteroatoms. The van der Waals surface area contributed by atoms with E-state index in [-0.39, 0.29) is 17.7 Å². The highest BCUT2D eigenvalue weighted by Gasteiger charge is 2.29. The van der Waals surface area contributed by atoms with Gasteiger partial charge in [0.25, 0.3) is 5.91 Å². The van der Waals surface area contributed by atoms with Crippen molar-refractivity contribution in [1.82, 2.24) is 0 Å². The molecular weight excluding hydrogens is 288 g/mol. The molecule has 1 fully saturated rings. The average Bonchev–Trinajstić information content (AvgIpc) is 3.36. The van der Waals surface area contributed by atoms with E-state index in [1.807, 2.05) is 32.0 Å². The minimum atomic E-state index is -0.124. The van der Waals surface area contributed by atoms with E-state index in [4.69, 9.17) is 0 Å². The number of anilines is 2. The van der Waals surface area contributed by atoms with Gasteiger partial charge in [0.2, 0.25) is 5.91 Å². The van der Waals surface area contributed by atoms with Crippen LogP contribution in [-0.4, -0.2) is 11.8 Å². The topological polar surface area (TPSA) is 58.2 Å². The van der Waals surface area contributed by atoms with Gasteiger partial charge in [-0.25, -0.2) is 0 Å². The first-order chi connectivity index (χ1) is 11.0. The Kier molecular flexibility index (Phi) is 4.15. The van der Waals surface area contributed by atoms with Gasteiger partial charge in [0.1, 0.15) is 0 Å². The van der Waals surface area contributed by atoms with Crippen LogP contribution in [-0.2, 0) is 4.79 Å². The van der Waals surface area contributed by atoms with E-state index in [0.717, 1.165) is 29.7 Å². The molecular formula is C19H20N2O2. The van der Waals surface area contributed by atoms with Crippen molar-refractivity contribution in [3.63, 3.8) is 0 Å². The molecule has 1 saturated carbocycles. The minimum absolute atomic E-state index is 0.0807. The summed E-state index contributed by atoms with van der Waals surface area (Å²) in [4.78, 5) is 24.1. The second-order valence-corrected chi connectivity index (χ2v) is 6.11. The number of benzene rings is 2. The molecule has 2 amide bonds. The fourth-order valence-electron chi connectivity index (χ4n) is 2.41. The average molecular weight is 308 g/mol. The van der Waals surface area contributed by atoms with E-state index in [1.54, 1.807) is 24.3 Å². The summed E-state index contributed by atoms with van der Waals surface area (Å²) < 4.78 is 0. The number of nitrogens with one attached hydrogen (secondary N) is 2. The van der Waals surface area contributed by atoms with Crippen LogP contribution < -0.4 is 10.6 Å². The molecule has 0 heterocycles. The highest BCUT2D eigenvalue weighted by Crippen LogP contribution is 2.30. The Labute approximate surface area is 135 Å². The zero-order chi connectivity index (χ0) is 16.4. The summed E-state index contributed by atoms with van der Waals surface area (Å²) in [5.74, 6) is 0.136. The van der Waals surface area contributed by atoms with Crippen molar-refractivity contribution < 1.29 is 9.59 Å². The maximum atomic E-state index is 12.4. The fraction of sp³-hybridized carbons (Fsp3) is 0.263. The van der Waals surface area contributed by atoms with Crippen LogP contribution >= 0.6 is 0 Å². The van der Waals surface area contributed by atoms with Gasteiger partial charge in [-0.3, -0.25) is 9.59 Å². The first-order valence-corrected chi connectivity index (χ1v) is 7.82. The molecule has 2 aromatic rings. The zero-order valence-corrected chi connectivity index (χ0v) is 13.3. The lowest BCUT2D eigenvalue weighted by Crippen LogP contribution is -2.14. The predicted octanol–water partition coefficient (Wildman–Crippen LogP) is 3.90. The zero-order valence-electron chi connectivity index (χ0n) is 13.3. The number of amides is 2. The van der Waals surface area contributed by atoms with E-state index in [0.29, 0.717) is 11.3 Å². The minimum Gasteiger partial charge on any atom is -0.326 e. The fourth-order valence-corrected chi connectivity index (χ4v) is 2.41. The number of aryl methyl sites for hydroxylation is 2. The molecule has 0 unspecified atom stereocenters. The Bertz CT molecular complexity index is 746. The maximum Gasteiger partial charge on any atom is 0.255 e. The van der Waals surface area contributed by atoms with Crippen molar-refractivity contribution in [1.29, 1.82) is 0 Å². The van der Waals surface area contributed by atoms with Crippen molar-refractivity contribution in [3.05, 3.63) is 59.2 Å². The second kappa shape index (κ2) is 6.24. The molecule has 0 bridgehead atoms. The van der Waals surface area contributed by atoms with Crippen molar-refractivity contribution in [2.75, 3.05) is 10.6 Å². The van der Waals surface area contributed by atoms with Gasteiger partial charge in [-0.1, -0.05) is 17.7 Å². The molecule has 0 aromatic heterocycles. The van der Waals surface area contributed by atoms with Gasteiger partial charge in [0.05, 0.1) is 0 Å². The standard InChI is InChI=1S/C19H20N2O2/c1-12-3-4-13(2)17(11-12)19(23)21-16-9-7-15(8-10-16)20-18(22)14-5-6-14/h3-4,7-11,14H,5-6H2,1-2H3,(H,20,22)(H,21,23). The molecule has 4 nitrogen and oxygen atoms in total. The number of hydrogen-bond donors (Lipinski definition) is 2. The van der Waals surface area contributed by atoms with Crippen molar-refractivity contribution in [3.8, 4) is 0 Å². The third-order valence-electron chi connectivity index (χ3n) is 4.00. The van der Waals surface area contributed by atoms with Crippen LogP contribution in [0.5, 0.6) is 0 Å². The second-order valence-electron chi connectivity index (χ2n) is 6.11. The first kappa shape index (κ1) is 15.3. The molecule has 0 radical (unpaired) electrons. The van der Waals surface area contributed by atoms with Crippen molar-refractivity contribution >= 4 is 23.2 Å². The van der Waals surface area contributed by atoms with Gasteiger partial charge in [-0.2, -0.15) is 0 Å². The quantitative estimate of drug-likeness (QED) is 0.900. The number of rotatable bonds is 4. The van der Waals surface area contributed by atoms with Crippen LogP contribution in [0.15, 0.2) is 42.5 Å². The molecule has 2 aromatic carbocycles. The van der Waals surface area contributed by atoms with Gasteiger partial charge >= 0.3 is 0 Å². The lowest BCUT2D eigenvalue weighted by molar-refractivity contribution is -0.117. The Morgan fingerprint density at radius 3 is 2.13 bits per heavy atom. The highest BCUT2D eigenvalue weighted by molar-refractivity contribution is 6.05. The molecule has 1 aliphatic carbocycles. The van der Waals surface area contributed by atoms with Crippen LogP contribution in [0.1, 0.15) is 34.3 Å². The molecule has 118 valence electrons. The van der Waals surface area contributed by atoms with Gasteiger partial charge < -0.3 is 10.6 Å². The molecule has 0 atom stereocenters. The third-order valence-corrected chi connectivity index (χ3v) is 4.00. The number of carbonyl (C=O) groups is 2. The molecule has 3 rings (SSSR count). The lowest BCUT2D eigenvalue weighted by atomic mass is 10.1. The van der Waals surface area contributed by atoms with Crippen LogP contribution in [0.25, 0.3) is 0 Å². The van der Waals surface area contributed by atoms with Gasteiger partial charge in [-0.05, 0) is 62.6 Å². The SMILES string of the molecule is Cc1ccc(C)c(C(=O)Nc2ccc(NC(=O)C3CC3)cc2)c1. The molecule has 0 saturated heterocycles. The Hall–Kier alpha value is -2.62. The lowest BCUT2D eigenvalue weighted by Gasteiger charge is -2.10. The summed E-state index contributed by atoms with van der Waals surface area (Å²) in [6.07, 6.45) is 1.96. The third kappa shape index (κ3) is 3.77. The normalized spacial score (nSPS) is 13.5. The van der Waals surface area contributed by atoms with Crippen molar-refractivity contribution in [2.24, 2.45) is 5.92 Å². The number of hydrogen-bond acceptors (Lipinski definition) is 2. The summed E-state index contributed by atoms with van der Waals surface area (Å²) in [7, 11) is 0. The molecule has 0 aliphatic heterocycles. The Balaban J connectivity index is 1.66. The maximum absolute atomic E-state index is 12.4. The van der Waals surface area contributed by atoms with E-state index >= 15 is 0 Å². The van der Waals surface area contributed by atoms with Crippen LogP contribution in [0.2, 0.25) is 0 Å². The summed E-state index contributed by atoms with van der Waals surface area (Å²) >= 11 is 0. The van der Waals surface area contributed by atoms with Crippen LogP contribution in [0, 0.1) is 19.8 Å². The predicted molar refractivity (Wildman–Crippen MR) is 91.7 cm³/mol. The van der Waals surface area contributed by atoms with E-state index < -0.39 is 0 Å². The van der Waals surface area contributed by atoms with Gasteiger partial charge in [-0.15, -0.1) is 0 Å². The summed E-state index contributed by atoms with van der Waals surface area (Å²) in [5.41, 5.74) is 4.14. The van der Waals surface area contributed by atoms with E-state index in [9.17, 15) is 9.59 Å². The Morgan fingerprint density at radius 1 is 0.913 bits per heavy atom. The van der Waals surface area contributed by atoms with Gasteiger partial charge in [0.15, 0.2) is 0 Å². The molecule has 2 N–H and O–H groups in total. The summed E-state index contributed by atoms with van der Waals surface area (Å²) in [5, 5.41) is 5.77. The highest BCUT2D eigenvalue weighted by atomic mass is 16.2. The van der Waals surface area contributed by atoms with Gasteiger partial charge in [0, 0.05) is 22.9 Å². The summed E-state index contributed by atoms with van der Waals surface area (Å²) in [6.45, 7) is 3.89. The first-order valence-electron chi connectivity index (χ1n) is 7.82. The van der Waals surface area contributed by atoms with Crippen LogP contribution in [0.4, 0.5) is 11.4 Å². The van der Waals surface area contributed by atoms with Crippen molar-refractivity contribution in [2.45, 2.75) is 26.7 Å². The summed E-state index contributed by atoms with van der Waals surface area (Å²) in [6, 6.07) is 13.0. The number of carbonyl (C=O) groups excluding carboxylic acids is 2. The smallest absolute Gasteiger partial charge is 0.255 e. The van der Waals surface area contributed by atoms with Crippen LogP contribution in [0.3, 0.4) is 0 Å². The molecule has 0 spiro atoms.